The molecule has 5 rings (SSSR count). The average Bonchev–Trinajstić information content (AvgIpc) is 3.43. The summed E-state index contributed by atoms with van der Waals surface area (Å²) >= 11 is 0. The maximum Gasteiger partial charge on any atom is 0.573 e. The van der Waals surface area contributed by atoms with Crippen molar-refractivity contribution in [2.24, 2.45) is 0 Å². The summed E-state index contributed by atoms with van der Waals surface area (Å²) in [4.78, 5) is 16.1. The van der Waals surface area contributed by atoms with E-state index in [9.17, 15) is 31.7 Å². The number of rotatable bonds is 8. The van der Waals surface area contributed by atoms with E-state index in [-0.39, 0.29) is 42.2 Å². The highest BCUT2D eigenvalue weighted by molar-refractivity contribution is 7.89. The molecule has 0 amide bonds. The van der Waals surface area contributed by atoms with Gasteiger partial charge in [-0.3, -0.25) is 4.57 Å². The Hall–Kier alpha value is -4.05. The molecule has 0 bridgehead atoms. The van der Waals surface area contributed by atoms with E-state index in [1.807, 2.05) is 4.90 Å². The van der Waals surface area contributed by atoms with Gasteiger partial charge in [-0.1, -0.05) is 0 Å². The predicted octanol–water partition coefficient (Wildman–Crippen LogP) is 3.43. The lowest BCUT2D eigenvalue weighted by molar-refractivity contribution is -0.389. The molecule has 40 heavy (non-hydrogen) atoms. The van der Waals surface area contributed by atoms with Crippen LogP contribution in [0.3, 0.4) is 0 Å². The van der Waals surface area contributed by atoms with Gasteiger partial charge in [0.1, 0.15) is 24.3 Å². The number of imidazole rings is 1. The van der Waals surface area contributed by atoms with Gasteiger partial charge in [-0.05, 0) is 60.4 Å². The second kappa shape index (κ2) is 10.2. The molecule has 0 N–H and O–H groups in total. The summed E-state index contributed by atoms with van der Waals surface area (Å²) < 4.78 is 81.8. The molecule has 16 heteroatoms. The van der Waals surface area contributed by atoms with E-state index in [1.165, 1.54) is 63.6 Å². The minimum absolute atomic E-state index is 0.0951. The number of alkyl halides is 3. The number of benzene rings is 2. The van der Waals surface area contributed by atoms with Gasteiger partial charge in [-0.25, -0.2) is 8.42 Å². The van der Waals surface area contributed by atoms with Gasteiger partial charge in [0.2, 0.25) is 10.0 Å². The van der Waals surface area contributed by atoms with E-state index >= 15 is 0 Å². The molecule has 3 heterocycles. The normalized spacial score (nSPS) is 19.6. The topological polar surface area (TPSA) is 129 Å². The molecule has 1 fully saturated rings. The van der Waals surface area contributed by atoms with Gasteiger partial charge in [-0.2, -0.15) is 4.31 Å². The van der Waals surface area contributed by atoms with Crippen LogP contribution in [0.15, 0.2) is 59.6 Å². The molecule has 2 aliphatic heterocycles. The molecule has 1 aromatic heterocycles. The van der Waals surface area contributed by atoms with Gasteiger partial charge in [-0.15, -0.1) is 13.2 Å². The molecule has 3 aromatic rings. The number of ether oxygens (including phenoxy) is 3. The van der Waals surface area contributed by atoms with Gasteiger partial charge >= 0.3 is 18.2 Å². The maximum atomic E-state index is 13.2. The Bertz CT molecular complexity index is 1460. The standard InChI is InChI=1S/C24H24F3N5O7S/c1-23(15-30-14-21(32(33)34)28-22(30)39-23)16-37-18-6-8-20(9-7-18)40(35,36)31-12-10-29(11-13-31)17-2-4-19(5-3-17)38-24(25,26)27/h2-9,14H,10-13,15-16H2,1H3/t23-/m1/s1. The largest absolute Gasteiger partial charge is 0.573 e. The van der Waals surface area contributed by atoms with Gasteiger partial charge in [0, 0.05) is 36.9 Å². The molecule has 0 spiro atoms. The number of hydrogen-bond acceptors (Lipinski definition) is 9. The molecule has 0 radical (unpaired) electrons. The smallest absolute Gasteiger partial charge is 0.489 e. The third-order valence-corrected chi connectivity index (χ3v) is 8.35. The van der Waals surface area contributed by atoms with Crippen LogP contribution in [-0.4, -0.2) is 71.9 Å². The highest BCUT2D eigenvalue weighted by Gasteiger charge is 2.41. The SMILES string of the molecule is C[C@]1(COc2ccc(S(=O)(=O)N3CCN(c4ccc(OC(F)(F)F)cc4)CC3)cc2)Cn2cc([N+](=O)[O-])nc2O1. The fraction of sp³-hybridized carbons (Fsp3) is 0.375. The van der Waals surface area contributed by atoms with Crippen molar-refractivity contribution in [3.05, 3.63) is 64.8 Å². The number of piperazine rings is 1. The first-order valence-electron chi connectivity index (χ1n) is 12.1. The summed E-state index contributed by atoms with van der Waals surface area (Å²) in [6.07, 6.45) is -3.48. The number of aromatic nitrogens is 2. The first-order valence-corrected chi connectivity index (χ1v) is 13.5. The van der Waals surface area contributed by atoms with Crippen LogP contribution in [0.4, 0.5) is 24.7 Å². The molecular formula is C24H24F3N5O7S. The van der Waals surface area contributed by atoms with E-state index in [1.54, 1.807) is 6.92 Å². The molecule has 12 nitrogen and oxygen atoms in total. The summed E-state index contributed by atoms with van der Waals surface area (Å²) in [5, 5.41) is 10.9. The zero-order valence-electron chi connectivity index (χ0n) is 21.1. The monoisotopic (exact) mass is 583 g/mol. The number of hydrogen-bond donors (Lipinski definition) is 0. The Kier molecular flexibility index (Phi) is 6.99. The van der Waals surface area contributed by atoms with Crippen LogP contribution < -0.4 is 19.1 Å². The quantitative estimate of drug-likeness (QED) is 0.289. The molecule has 0 saturated carbocycles. The number of anilines is 1. The van der Waals surface area contributed by atoms with E-state index < -0.39 is 26.9 Å². The van der Waals surface area contributed by atoms with E-state index in [0.717, 1.165) is 0 Å². The van der Waals surface area contributed by atoms with Crippen LogP contribution in [0, 0.1) is 10.1 Å². The lowest BCUT2D eigenvalue weighted by Crippen LogP contribution is -2.48. The van der Waals surface area contributed by atoms with Crippen molar-refractivity contribution in [2.45, 2.75) is 30.3 Å². The third kappa shape index (κ3) is 5.91. The molecule has 2 aromatic carbocycles. The predicted molar refractivity (Wildman–Crippen MR) is 134 cm³/mol. The van der Waals surface area contributed by atoms with Crippen molar-refractivity contribution in [3.8, 4) is 17.5 Å². The van der Waals surface area contributed by atoms with E-state index in [4.69, 9.17) is 9.47 Å². The zero-order chi connectivity index (χ0) is 28.7. The van der Waals surface area contributed by atoms with Crippen molar-refractivity contribution in [3.63, 3.8) is 0 Å². The summed E-state index contributed by atoms with van der Waals surface area (Å²) in [6, 6.07) is 11.5. The van der Waals surface area contributed by atoms with Crippen molar-refractivity contribution in [1.82, 2.24) is 13.9 Å². The Balaban J connectivity index is 1.14. The van der Waals surface area contributed by atoms with Crippen LogP contribution >= 0.6 is 0 Å². The van der Waals surface area contributed by atoms with Crippen LogP contribution in [-0.2, 0) is 16.6 Å². The average molecular weight is 584 g/mol. The summed E-state index contributed by atoms with van der Waals surface area (Å²) in [7, 11) is -3.78. The highest BCUT2D eigenvalue weighted by atomic mass is 32.2. The third-order valence-electron chi connectivity index (χ3n) is 6.44. The molecule has 1 atom stereocenters. The lowest BCUT2D eigenvalue weighted by atomic mass is 10.1. The van der Waals surface area contributed by atoms with Crippen LogP contribution in [0.5, 0.6) is 17.5 Å². The Labute approximate surface area is 226 Å². The lowest BCUT2D eigenvalue weighted by Gasteiger charge is -2.35. The van der Waals surface area contributed by atoms with Crippen LogP contribution in [0.25, 0.3) is 0 Å². The molecule has 0 aliphatic carbocycles. The number of fused-ring (bicyclic) bond motifs is 1. The zero-order valence-corrected chi connectivity index (χ0v) is 21.9. The van der Waals surface area contributed by atoms with Crippen LogP contribution in [0.2, 0.25) is 0 Å². The van der Waals surface area contributed by atoms with Gasteiger partial charge in [0.05, 0.1) is 11.4 Å². The molecular weight excluding hydrogens is 559 g/mol. The number of halogens is 3. The molecule has 0 unspecified atom stereocenters. The maximum absolute atomic E-state index is 13.2. The minimum Gasteiger partial charge on any atom is -0.489 e. The van der Waals surface area contributed by atoms with Crippen molar-refractivity contribution < 1.29 is 40.7 Å². The number of sulfonamides is 1. The van der Waals surface area contributed by atoms with Gasteiger partial charge in [0.25, 0.3) is 0 Å². The number of nitro groups is 1. The second-order valence-corrected chi connectivity index (χ2v) is 11.4. The second-order valence-electron chi connectivity index (χ2n) is 9.51. The van der Waals surface area contributed by atoms with Crippen LogP contribution in [0.1, 0.15) is 6.92 Å². The molecule has 1 saturated heterocycles. The molecule has 2 aliphatic rings. The first kappa shape index (κ1) is 27.5. The highest BCUT2D eigenvalue weighted by Crippen LogP contribution is 2.32. The Morgan fingerprint density at radius 2 is 1.68 bits per heavy atom. The van der Waals surface area contributed by atoms with E-state index in [0.29, 0.717) is 31.1 Å². The van der Waals surface area contributed by atoms with Crippen molar-refractivity contribution in [1.29, 1.82) is 0 Å². The summed E-state index contributed by atoms with van der Waals surface area (Å²) in [5.41, 5.74) is -0.150. The number of nitrogens with zero attached hydrogens (tertiary/aromatic N) is 5. The minimum atomic E-state index is -4.77. The summed E-state index contributed by atoms with van der Waals surface area (Å²) in [6.45, 7) is 3.29. The van der Waals surface area contributed by atoms with Gasteiger partial charge < -0.3 is 29.2 Å². The molecule has 214 valence electrons. The van der Waals surface area contributed by atoms with Crippen molar-refractivity contribution in [2.75, 3.05) is 37.7 Å². The Morgan fingerprint density at radius 3 is 2.25 bits per heavy atom. The first-order chi connectivity index (χ1) is 18.8. The Morgan fingerprint density at radius 1 is 1.05 bits per heavy atom. The summed E-state index contributed by atoms with van der Waals surface area (Å²) in [5.74, 6) is -0.209. The van der Waals surface area contributed by atoms with Crippen molar-refractivity contribution >= 4 is 21.5 Å². The fourth-order valence-corrected chi connectivity index (χ4v) is 5.92. The van der Waals surface area contributed by atoms with Gasteiger partial charge in [0.15, 0.2) is 5.60 Å². The fourth-order valence-electron chi connectivity index (χ4n) is 4.49. The van der Waals surface area contributed by atoms with E-state index in [2.05, 4.69) is 9.72 Å².